The van der Waals surface area contributed by atoms with Gasteiger partial charge in [0, 0.05) is 17.7 Å². The number of hydrogen-bond acceptors (Lipinski definition) is 1. The predicted octanol–water partition coefficient (Wildman–Crippen LogP) is 5.03. The molecule has 0 amide bonds. The number of pyridine rings is 1. The van der Waals surface area contributed by atoms with Crippen LogP contribution in [0.3, 0.4) is 0 Å². The van der Waals surface area contributed by atoms with E-state index < -0.39 is 0 Å². The second-order valence-electron chi connectivity index (χ2n) is 4.54. The molecule has 0 fully saturated rings. The molecule has 0 aliphatic heterocycles. The van der Waals surface area contributed by atoms with Crippen LogP contribution in [0.2, 0.25) is 0 Å². The first-order chi connectivity index (χ1) is 10.4. The van der Waals surface area contributed by atoms with E-state index in [1.165, 1.54) is 5.56 Å². The molecule has 1 nitrogen and oxygen atoms in total. The van der Waals surface area contributed by atoms with E-state index in [9.17, 15) is 0 Å². The summed E-state index contributed by atoms with van der Waals surface area (Å²) >= 11 is 3.66. The van der Waals surface area contributed by atoms with Gasteiger partial charge in [-0.05, 0) is 17.7 Å². The van der Waals surface area contributed by atoms with E-state index in [0.717, 1.165) is 23.4 Å². The van der Waals surface area contributed by atoms with Crippen molar-refractivity contribution in [1.82, 2.24) is 4.98 Å². The minimum absolute atomic E-state index is 0.877. The summed E-state index contributed by atoms with van der Waals surface area (Å²) in [6.45, 7) is 0. The van der Waals surface area contributed by atoms with Crippen LogP contribution in [-0.4, -0.2) is 4.98 Å². The average molecular weight is 344 g/mol. The first kappa shape index (κ1) is 15.8. The van der Waals surface area contributed by atoms with Gasteiger partial charge in [-0.15, -0.1) is 0 Å². The van der Waals surface area contributed by atoms with Crippen molar-refractivity contribution >= 4 is 10.1 Å². The molecule has 0 saturated carbocycles. The van der Waals surface area contributed by atoms with E-state index >= 15 is 0 Å². The number of aromatic nitrogens is 1. The molecule has 0 spiro atoms. The van der Waals surface area contributed by atoms with E-state index in [2.05, 4.69) is 79.8 Å². The fraction of sp³-hybridized carbons (Fsp3) is 0.0556. The standard InChI is InChI=1S/C18H15N.ClH.Cu/c1-3-8-15(9-4-1)14-17-12-7-13-18(19-17)16-10-5-2-6-11-16;;/h1-13H,14H2;1H;/q;;+1/p-1. The third-order valence-corrected chi connectivity index (χ3v) is 3.10. The molecule has 3 rings (SSSR count). The monoisotopic (exact) mass is 343 g/mol. The van der Waals surface area contributed by atoms with Crippen LogP contribution in [0.15, 0.2) is 78.9 Å². The Kier molecular flexibility index (Phi) is 6.49. The van der Waals surface area contributed by atoms with Crippen molar-refractivity contribution in [2.24, 2.45) is 0 Å². The molecular formula is C18H15ClCuN. The van der Waals surface area contributed by atoms with Crippen LogP contribution < -0.4 is 0 Å². The summed E-state index contributed by atoms with van der Waals surface area (Å²) in [6, 6.07) is 27.0. The van der Waals surface area contributed by atoms with Crippen LogP contribution in [0.4, 0.5) is 0 Å². The minimum Gasteiger partial charge on any atom is -0.252 e. The topological polar surface area (TPSA) is 12.9 Å². The van der Waals surface area contributed by atoms with E-state index in [4.69, 9.17) is 4.98 Å². The van der Waals surface area contributed by atoms with Gasteiger partial charge in [-0.2, -0.15) is 0 Å². The van der Waals surface area contributed by atoms with Crippen LogP contribution in [0, 0.1) is 0 Å². The molecule has 0 radical (unpaired) electrons. The van der Waals surface area contributed by atoms with Gasteiger partial charge in [-0.3, -0.25) is 4.98 Å². The van der Waals surface area contributed by atoms with Gasteiger partial charge in [0.25, 0.3) is 0 Å². The molecule has 0 atom stereocenters. The van der Waals surface area contributed by atoms with E-state index in [-0.39, 0.29) is 0 Å². The van der Waals surface area contributed by atoms with Gasteiger partial charge in [-0.25, -0.2) is 0 Å². The summed E-state index contributed by atoms with van der Waals surface area (Å²) in [5.41, 5.74) is 4.60. The van der Waals surface area contributed by atoms with Crippen LogP contribution in [0.1, 0.15) is 11.3 Å². The van der Waals surface area contributed by atoms with Crippen LogP contribution in [0.5, 0.6) is 0 Å². The zero-order valence-corrected chi connectivity index (χ0v) is 13.0. The zero-order chi connectivity index (χ0) is 14.9. The third-order valence-electron chi connectivity index (χ3n) is 3.10. The van der Waals surface area contributed by atoms with Crippen molar-refractivity contribution in [2.75, 3.05) is 0 Å². The number of hydrogen-bond donors (Lipinski definition) is 0. The Labute approximate surface area is 138 Å². The molecule has 0 unspecified atom stereocenters. The van der Waals surface area contributed by atoms with Gasteiger partial charge in [0.2, 0.25) is 0 Å². The van der Waals surface area contributed by atoms with Gasteiger partial charge in [0.1, 0.15) is 0 Å². The van der Waals surface area contributed by atoms with Gasteiger partial charge in [0.05, 0.1) is 5.69 Å². The van der Waals surface area contributed by atoms with Crippen molar-refractivity contribution in [1.29, 1.82) is 0 Å². The average Bonchev–Trinajstić information content (AvgIpc) is 2.59. The molecule has 0 bridgehead atoms. The molecule has 1 aromatic heterocycles. The second-order valence-corrected chi connectivity index (χ2v) is 4.54. The SMILES string of the molecule is [Cl][Cu].c1ccc(Cc2cccc(-c3ccccc3)n2)cc1. The van der Waals surface area contributed by atoms with Crippen molar-refractivity contribution in [3.63, 3.8) is 0 Å². The van der Waals surface area contributed by atoms with Crippen molar-refractivity contribution in [3.05, 3.63) is 90.1 Å². The second kappa shape index (κ2) is 8.63. The Morgan fingerprint density at radius 1 is 0.714 bits per heavy atom. The Bertz CT molecular complexity index is 656. The van der Waals surface area contributed by atoms with Crippen molar-refractivity contribution in [2.45, 2.75) is 6.42 Å². The van der Waals surface area contributed by atoms with E-state index in [1.807, 2.05) is 24.3 Å². The summed E-state index contributed by atoms with van der Waals surface area (Å²) in [5, 5.41) is 0. The molecule has 0 saturated heterocycles. The largest absolute Gasteiger partial charge is 0.252 e. The first-order valence-corrected chi connectivity index (χ1v) is 7.88. The first-order valence-electron chi connectivity index (χ1n) is 6.58. The van der Waals surface area contributed by atoms with Gasteiger partial charge in [0.15, 0.2) is 0 Å². The molecule has 0 aliphatic rings. The summed E-state index contributed by atoms with van der Waals surface area (Å²) < 4.78 is 0. The Hall–Kier alpha value is -1.60. The molecule has 110 valence electrons. The van der Waals surface area contributed by atoms with Gasteiger partial charge >= 0.3 is 25.2 Å². The molecule has 2 aromatic carbocycles. The van der Waals surface area contributed by atoms with Crippen LogP contribution in [-0.2, 0) is 21.5 Å². The summed E-state index contributed by atoms with van der Waals surface area (Å²) in [5.74, 6) is 0. The van der Waals surface area contributed by atoms with Gasteiger partial charge in [-0.1, -0.05) is 66.7 Å². The zero-order valence-electron chi connectivity index (χ0n) is 11.3. The Morgan fingerprint density at radius 2 is 1.33 bits per heavy atom. The maximum absolute atomic E-state index is 4.74. The quantitative estimate of drug-likeness (QED) is 0.608. The maximum Gasteiger partial charge on any atom is 0.0705 e. The number of nitrogens with zero attached hydrogens (tertiary/aromatic N) is 1. The van der Waals surface area contributed by atoms with Crippen molar-refractivity contribution in [3.8, 4) is 11.3 Å². The van der Waals surface area contributed by atoms with E-state index in [1.54, 1.807) is 0 Å². The van der Waals surface area contributed by atoms with Crippen LogP contribution in [0.25, 0.3) is 11.3 Å². The van der Waals surface area contributed by atoms with E-state index in [0.29, 0.717) is 0 Å². The fourth-order valence-electron chi connectivity index (χ4n) is 2.15. The molecule has 3 heteroatoms. The summed E-state index contributed by atoms with van der Waals surface area (Å²) in [6.07, 6.45) is 0.877. The number of benzene rings is 2. The number of rotatable bonds is 3. The molecule has 0 aliphatic carbocycles. The third kappa shape index (κ3) is 4.71. The molecular weight excluding hydrogens is 329 g/mol. The molecule has 1 heterocycles. The number of halogens is 1. The predicted molar refractivity (Wildman–Crippen MR) is 84.8 cm³/mol. The Balaban J connectivity index is 0.000000774. The summed E-state index contributed by atoms with van der Waals surface area (Å²) in [7, 11) is 4.20. The minimum atomic E-state index is 0.877. The molecule has 21 heavy (non-hydrogen) atoms. The maximum atomic E-state index is 4.74. The summed E-state index contributed by atoms with van der Waals surface area (Å²) in [4.78, 5) is 4.74. The van der Waals surface area contributed by atoms with Crippen LogP contribution >= 0.6 is 10.1 Å². The fourth-order valence-corrected chi connectivity index (χ4v) is 2.15. The normalized spacial score (nSPS) is 9.67. The smallest absolute Gasteiger partial charge is 0.0705 e. The molecule has 3 aromatic rings. The molecule has 0 N–H and O–H groups in total. The Morgan fingerprint density at radius 3 is 2.00 bits per heavy atom. The van der Waals surface area contributed by atoms with Crippen molar-refractivity contribution < 1.29 is 15.1 Å². The van der Waals surface area contributed by atoms with Gasteiger partial charge < -0.3 is 0 Å².